The summed E-state index contributed by atoms with van der Waals surface area (Å²) in [5, 5.41) is 0. The van der Waals surface area contributed by atoms with Gasteiger partial charge >= 0.3 is 5.97 Å². The number of hydrogen-bond acceptors (Lipinski definition) is 4. The topological polar surface area (TPSA) is 48.4 Å². The van der Waals surface area contributed by atoms with Gasteiger partial charge in [-0.2, -0.15) is 0 Å². The van der Waals surface area contributed by atoms with Gasteiger partial charge in [-0.1, -0.05) is 0 Å². The number of carbonyl (C=O) groups excluding carboxylic acids is 1. The number of pyridine rings is 1. The van der Waals surface area contributed by atoms with Gasteiger partial charge in [0.25, 0.3) is 6.43 Å². The van der Waals surface area contributed by atoms with Crippen LogP contribution in [0.5, 0.6) is 5.75 Å². The van der Waals surface area contributed by atoms with Gasteiger partial charge in [-0.15, -0.1) is 0 Å². The maximum Gasteiger partial charge on any atom is 0.340 e. The molecule has 1 aromatic heterocycles. The van der Waals surface area contributed by atoms with Gasteiger partial charge in [0.1, 0.15) is 5.69 Å². The summed E-state index contributed by atoms with van der Waals surface area (Å²) in [7, 11) is 1.25. The Morgan fingerprint density at radius 2 is 2.24 bits per heavy atom. The molecule has 0 aliphatic heterocycles. The number of methoxy groups -OCH3 is 1. The summed E-state index contributed by atoms with van der Waals surface area (Å²) in [5.41, 5.74) is -0.362. The Hall–Kier alpha value is -0.990. The molecule has 0 unspecified atom stereocenters. The summed E-state index contributed by atoms with van der Waals surface area (Å²) < 4.78 is 35.1. The Bertz CT molecular complexity index is 426. The number of alkyl halides is 2. The molecule has 0 atom stereocenters. The lowest BCUT2D eigenvalue weighted by atomic mass is 10.2. The van der Waals surface area contributed by atoms with Crippen LogP contribution in [0, 0.1) is 3.57 Å². The van der Waals surface area contributed by atoms with Gasteiger partial charge in [0.2, 0.25) is 0 Å². The monoisotopic (exact) mass is 357 g/mol. The molecule has 0 aliphatic carbocycles. The number of rotatable bonds is 4. The molecule has 1 heterocycles. The lowest BCUT2D eigenvalue weighted by Gasteiger charge is -2.11. The predicted octanol–water partition coefficient (Wildman–Crippen LogP) is 2.81. The number of nitrogens with zero attached hydrogens (tertiary/aromatic N) is 1. The van der Waals surface area contributed by atoms with Crippen molar-refractivity contribution < 1.29 is 23.0 Å². The van der Waals surface area contributed by atoms with E-state index in [1.54, 1.807) is 29.5 Å². The highest BCUT2D eigenvalue weighted by Crippen LogP contribution is 2.33. The Morgan fingerprint density at radius 3 is 2.71 bits per heavy atom. The SMILES string of the molecule is CCOC(=O)c1cnc(C(F)F)c(OC)c1I. The van der Waals surface area contributed by atoms with Crippen molar-refractivity contribution in [1.82, 2.24) is 4.98 Å². The molecule has 0 radical (unpaired) electrons. The van der Waals surface area contributed by atoms with Crippen LogP contribution in [-0.4, -0.2) is 24.7 Å². The molecule has 0 saturated heterocycles. The third kappa shape index (κ3) is 3.02. The van der Waals surface area contributed by atoms with Crippen molar-refractivity contribution in [1.29, 1.82) is 0 Å². The molecule has 4 nitrogen and oxygen atoms in total. The fourth-order valence-electron chi connectivity index (χ4n) is 1.18. The van der Waals surface area contributed by atoms with E-state index in [0.717, 1.165) is 6.20 Å². The molecule has 0 N–H and O–H groups in total. The lowest BCUT2D eigenvalue weighted by Crippen LogP contribution is -2.10. The summed E-state index contributed by atoms with van der Waals surface area (Å²) in [4.78, 5) is 15.0. The minimum atomic E-state index is -2.75. The maximum absolute atomic E-state index is 12.6. The van der Waals surface area contributed by atoms with Crippen LogP contribution in [0.25, 0.3) is 0 Å². The minimum Gasteiger partial charge on any atom is -0.493 e. The van der Waals surface area contributed by atoms with Gasteiger partial charge in [0.05, 0.1) is 22.9 Å². The van der Waals surface area contributed by atoms with E-state index in [-0.39, 0.29) is 21.5 Å². The molecule has 7 heteroatoms. The summed E-state index contributed by atoms with van der Waals surface area (Å²) in [5.74, 6) is -0.699. The first-order valence-electron chi connectivity index (χ1n) is 4.70. The van der Waals surface area contributed by atoms with Crippen molar-refractivity contribution in [3.05, 3.63) is 21.0 Å². The molecular formula is C10H10F2INO3. The van der Waals surface area contributed by atoms with E-state index >= 15 is 0 Å². The largest absolute Gasteiger partial charge is 0.493 e. The first-order chi connectivity index (χ1) is 8.02. The van der Waals surface area contributed by atoms with Gasteiger partial charge in [0, 0.05) is 6.20 Å². The molecule has 0 saturated carbocycles. The molecule has 1 aromatic rings. The number of carbonyl (C=O) groups is 1. The van der Waals surface area contributed by atoms with E-state index in [9.17, 15) is 13.6 Å². The minimum absolute atomic E-state index is 0.0915. The smallest absolute Gasteiger partial charge is 0.340 e. The molecule has 0 spiro atoms. The van der Waals surface area contributed by atoms with E-state index < -0.39 is 18.1 Å². The molecule has 0 aliphatic rings. The number of halogens is 3. The first kappa shape index (κ1) is 14.1. The van der Waals surface area contributed by atoms with E-state index in [2.05, 4.69) is 4.98 Å². The fraction of sp³-hybridized carbons (Fsp3) is 0.400. The van der Waals surface area contributed by atoms with Crippen molar-refractivity contribution in [3.8, 4) is 5.75 Å². The van der Waals surface area contributed by atoms with Crippen molar-refractivity contribution in [3.63, 3.8) is 0 Å². The molecule has 0 fully saturated rings. The zero-order valence-corrected chi connectivity index (χ0v) is 11.3. The predicted molar refractivity (Wildman–Crippen MR) is 64.4 cm³/mol. The molecule has 0 amide bonds. The Kier molecular flexibility index (Phi) is 5.03. The fourth-order valence-corrected chi connectivity index (χ4v) is 2.04. The van der Waals surface area contributed by atoms with Crippen LogP contribution in [0.15, 0.2) is 6.20 Å². The highest BCUT2D eigenvalue weighted by molar-refractivity contribution is 14.1. The van der Waals surface area contributed by atoms with Crippen LogP contribution in [0.3, 0.4) is 0 Å². The molecule has 0 aromatic carbocycles. The first-order valence-corrected chi connectivity index (χ1v) is 5.78. The van der Waals surface area contributed by atoms with Crippen LogP contribution in [-0.2, 0) is 4.74 Å². The molecule has 1 rings (SSSR count). The van der Waals surface area contributed by atoms with Gasteiger partial charge in [0.15, 0.2) is 5.75 Å². The van der Waals surface area contributed by atoms with Gasteiger partial charge in [-0.3, -0.25) is 4.98 Å². The second kappa shape index (κ2) is 6.08. The summed E-state index contributed by atoms with van der Waals surface area (Å²) in [6.45, 7) is 1.86. The second-order valence-electron chi connectivity index (χ2n) is 2.93. The normalized spacial score (nSPS) is 10.5. The van der Waals surface area contributed by atoms with Crippen molar-refractivity contribution in [2.24, 2.45) is 0 Å². The highest BCUT2D eigenvalue weighted by atomic mass is 127. The van der Waals surface area contributed by atoms with Crippen LogP contribution >= 0.6 is 22.6 Å². The molecule has 17 heavy (non-hydrogen) atoms. The van der Waals surface area contributed by atoms with Crippen LogP contribution in [0.1, 0.15) is 29.4 Å². The van der Waals surface area contributed by atoms with Crippen molar-refractivity contribution >= 4 is 28.6 Å². The van der Waals surface area contributed by atoms with Crippen molar-refractivity contribution in [2.75, 3.05) is 13.7 Å². The van der Waals surface area contributed by atoms with Gasteiger partial charge in [-0.05, 0) is 29.5 Å². The standard InChI is InChI=1S/C10H10F2INO3/c1-3-17-10(15)5-4-14-7(9(11)12)8(16-2)6(5)13/h4,9H,3H2,1-2H3. The van der Waals surface area contributed by atoms with Crippen LogP contribution < -0.4 is 4.74 Å². The zero-order chi connectivity index (χ0) is 13.0. The average molecular weight is 357 g/mol. The third-order valence-corrected chi connectivity index (χ3v) is 2.98. The molecule has 94 valence electrons. The number of esters is 1. The number of ether oxygens (including phenoxy) is 2. The summed E-state index contributed by atoms with van der Waals surface area (Å²) in [6.07, 6.45) is -1.68. The molecule has 0 bridgehead atoms. The zero-order valence-electron chi connectivity index (χ0n) is 9.17. The lowest BCUT2D eigenvalue weighted by molar-refractivity contribution is 0.0523. The van der Waals surface area contributed by atoms with E-state index in [1.165, 1.54) is 7.11 Å². The van der Waals surface area contributed by atoms with E-state index in [0.29, 0.717) is 0 Å². The number of hydrogen-bond donors (Lipinski definition) is 0. The maximum atomic E-state index is 12.6. The van der Waals surface area contributed by atoms with Crippen LogP contribution in [0.2, 0.25) is 0 Å². The summed E-state index contributed by atoms with van der Waals surface area (Å²) >= 11 is 1.76. The average Bonchev–Trinajstić information content (AvgIpc) is 2.28. The van der Waals surface area contributed by atoms with E-state index in [4.69, 9.17) is 9.47 Å². The Morgan fingerprint density at radius 1 is 1.59 bits per heavy atom. The number of aromatic nitrogens is 1. The van der Waals surface area contributed by atoms with E-state index in [1.807, 2.05) is 0 Å². The Labute approximate surface area is 110 Å². The second-order valence-corrected chi connectivity index (χ2v) is 4.00. The van der Waals surface area contributed by atoms with Crippen molar-refractivity contribution in [2.45, 2.75) is 13.3 Å². The van der Waals surface area contributed by atoms with Crippen LogP contribution in [0.4, 0.5) is 8.78 Å². The van der Waals surface area contributed by atoms with Gasteiger partial charge in [-0.25, -0.2) is 13.6 Å². The van der Waals surface area contributed by atoms with Gasteiger partial charge < -0.3 is 9.47 Å². The quantitative estimate of drug-likeness (QED) is 0.614. The molecular weight excluding hydrogens is 347 g/mol. The highest BCUT2D eigenvalue weighted by Gasteiger charge is 2.23. The third-order valence-electron chi connectivity index (χ3n) is 1.91. The Balaban J connectivity index is 3.24. The summed E-state index contributed by atoms with van der Waals surface area (Å²) in [6, 6.07) is 0.